The van der Waals surface area contributed by atoms with E-state index in [0.29, 0.717) is 5.69 Å². The number of nitrogens with zero attached hydrogens (tertiary/aromatic N) is 1. The SMILES string of the molecule is Nc1ccc(Br)cc1N(O)O. The van der Waals surface area contributed by atoms with Crippen LogP contribution < -0.4 is 11.0 Å². The van der Waals surface area contributed by atoms with Crippen LogP contribution in [0.3, 0.4) is 0 Å². The fourth-order valence-electron chi connectivity index (χ4n) is 0.690. The fraction of sp³-hybridized carbons (Fsp3) is 0. The molecule has 0 saturated heterocycles. The Morgan fingerprint density at radius 1 is 1.36 bits per heavy atom. The van der Waals surface area contributed by atoms with Crippen LogP contribution in [-0.2, 0) is 0 Å². The zero-order chi connectivity index (χ0) is 8.43. The summed E-state index contributed by atoms with van der Waals surface area (Å²) in [5.74, 6) is 0. The highest BCUT2D eigenvalue weighted by molar-refractivity contribution is 9.10. The van der Waals surface area contributed by atoms with Gasteiger partial charge in [0.15, 0.2) is 0 Å². The normalized spacial score (nSPS) is 9.73. The minimum Gasteiger partial charge on any atom is -0.397 e. The average molecular weight is 219 g/mol. The number of nitrogens with two attached hydrogens (primary N) is 1. The molecule has 1 aromatic carbocycles. The van der Waals surface area contributed by atoms with E-state index in [1.165, 1.54) is 6.07 Å². The Bertz CT molecular complexity index is 265. The molecule has 5 heteroatoms. The van der Waals surface area contributed by atoms with Gasteiger partial charge in [0.1, 0.15) is 5.69 Å². The van der Waals surface area contributed by atoms with Crippen molar-refractivity contribution in [3.05, 3.63) is 22.7 Å². The Morgan fingerprint density at radius 2 is 2.00 bits per heavy atom. The number of rotatable bonds is 1. The lowest BCUT2D eigenvalue weighted by molar-refractivity contribution is 0.0295. The maximum atomic E-state index is 8.62. The van der Waals surface area contributed by atoms with E-state index in [0.717, 1.165) is 4.47 Å². The molecule has 0 aliphatic carbocycles. The molecular formula is C6H7BrN2O2. The largest absolute Gasteiger partial charge is 0.397 e. The summed E-state index contributed by atoms with van der Waals surface area (Å²) in [6.45, 7) is 0. The van der Waals surface area contributed by atoms with Gasteiger partial charge in [-0.2, -0.15) is 0 Å². The maximum absolute atomic E-state index is 8.62. The first-order valence-electron chi connectivity index (χ1n) is 2.84. The molecule has 0 saturated carbocycles. The molecule has 0 aliphatic rings. The van der Waals surface area contributed by atoms with E-state index < -0.39 is 0 Å². The van der Waals surface area contributed by atoms with Crippen LogP contribution in [0.2, 0.25) is 0 Å². The molecule has 0 atom stereocenters. The van der Waals surface area contributed by atoms with Gasteiger partial charge >= 0.3 is 0 Å². The molecule has 60 valence electrons. The molecule has 0 bridgehead atoms. The van der Waals surface area contributed by atoms with Crippen LogP contribution in [0.5, 0.6) is 0 Å². The molecular weight excluding hydrogens is 212 g/mol. The standard InChI is InChI=1S/C6H7BrN2O2/c7-4-1-2-5(8)6(3-4)9(10)11/h1-3,10-11H,8H2. The van der Waals surface area contributed by atoms with E-state index in [1.807, 2.05) is 0 Å². The molecule has 1 aromatic rings. The fourth-order valence-corrected chi connectivity index (χ4v) is 1.04. The third kappa shape index (κ3) is 1.83. The first kappa shape index (κ1) is 8.32. The van der Waals surface area contributed by atoms with Gasteiger partial charge in [-0.3, -0.25) is 10.4 Å². The Labute approximate surface area is 71.9 Å². The predicted molar refractivity (Wildman–Crippen MR) is 44.6 cm³/mol. The highest BCUT2D eigenvalue weighted by Crippen LogP contribution is 2.24. The molecule has 0 spiro atoms. The molecule has 4 N–H and O–H groups in total. The van der Waals surface area contributed by atoms with Crippen LogP contribution in [0.15, 0.2) is 22.7 Å². The highest BCUT2D eigenvalue weighted by Gasteiger charge is 2.03. The van der Waals surface area contributed by atoms with Crippen LogP contribution in [0, 0.1) is 0 Å². The number of halogens is 1. The smallest absolute Gasteiger partial charge is 0.118 e. The Morgan fingerprint density at radius 3 is 2.45 bits per heavy atom. The van der Waals surface area contributed by atoms with Crippen molar-refractivity contribution in [2.75, 3.05) is 11.0 Å². The van der Waals surface area contributed by atoms with Crippen LogP contribution in [0.4, 0.5) is 11.4 Å². The molecule has 1 rings (SSSR count). The number of anilines is 2. The molecule has 0 heterocycles. The second kappa shape index (κ2) is 3.08. The van der Waals surface area contributed by atoms with Gasteiger partial charge < -0.3 is 5.73 Å². The number of nitrogen functional groups attached to an aromatic ring is 1. The molecule has 4 nitrogen and oxygen atoms in total. The Kier molecular flexibility index (Phi) is 2.33. The van der Waals surface area contributed by atoms with E-state index in [4.69, 9.17) is 16.1 Å². The lowest BCUT2D eigenvalue weighted by atomic mass is 10.3. The molecule has 0 fully saturated rings. The van der Waals surface area contributed by atoms with Crippen molar-refractivity contribution >= 4 is 27.3 Å². The molecule has 0 amide bonds. The second-order valence-electron chi connectivity index (χ2n) is 1.99. The van der Waals surface area contributed by atoms with Gasteiger partial charge in [-0.25, -0.2) is 0 Å². The summed E-state index contributed by atoms with van der Waals surface area (Å²) in [6.07, 6.45) is 0. The van der Waals surface area contributed by atoms with Crippen molar-refractivity contribution in [1.29, 1.82) is 0 Å². The minimum absolute atomic E-state index is 0.0138. The van der Waals surface area contributed by atoms with Gasteiger partial charge in [-0.05, 0) is 18.2 Å². The van der Waals surface area contributed by atoms with Gasteiger partial charge in [-0.1, -0.05) is 15.9 Å². The molecule has 0 radical (unpaired) electrons. The van der Waals surface area contributed by atoms with Gasteiger partial charge in [-0.15, -0.1) is 5.23 Å². The van der Waals surface area contributed by atoms with Crippen LogP contribution in [0.25, 0.3) is 0 Å². The summed E-state index contributed by atoms with van der Waals surface area (Å²) in [6, 6.07) is 4.77. The summed E-state index contributed by atoms with van der Waals surface area (Å²) in [7, 11) is 0. The van der Waals surface area contributed by atoms with Crippen LogP contribution in [-0.4, -0.2) is 10.4 Å². The van der Waals surface area contributed by atoms with Gasteiger partial charge in [0.2, 0.25) is 0 Å². The summed E-state index contributed by atoms with van der Waals surface area (Å²) >= 11 is 3.16. The zero-order valence-electron chi connectivity index (χ0n) is 5.53. The Balaban J connectivity index is 3.13. The van der Waals surface area contributed by atoms with Gasteiger partial charge in [0, 0.05) is 4.47 Å². The van der Waals surface area contributed by atoms with E-state index in [-0.39, 0.29) is 10.9 Å². The van der Waals surface area contributed by atoms with Crippen molar-refractivity contribution in [1.82, 2.24) is 0 Å². The number of benzene rings is 1. The van der Waals surface area contributed by atoms with E-state index in [1.54, 1.807) is 12.1 Å². The van der Waals surface area contributed by atoms with E-state index in [9.17, 15) is 0 Å². The molecule has 0 unspecified atom stereocenters. The Hall–Kier alpha value is -0.780. The van der Waals surface area contributed by atoms with Crippen molar-refractivity contribution in [3.8, 4) is 0 Å². The van der Waals surface area contributed by atoms with Gasteiger partial charge in [0.05, 0.1) is 5.69 Å². The lowest BCUT2D eigenvalue weighted by Crippen LogP contribution is -2.12. The lowest BCUT2D eigenvalue weighted by Gasteiger charge is -2.10. The molecule has 11 heavy (non-hydrogen) atoms. The van der Waals surface area contributed by atoms with Crippen LogP contribution >= 0.6 is 15.9 Å². The second-order valence-corrected chi connectivity index (χ2v) is 2.91. The highest BCUT2D eigenvalue weighted by atomic mass is 79.9. The van der Waals surface area contributed by atoms with E-state index >= 15 is 0 Å². The third-order valence-electron chi connectivity index (χ3n) is 1.21. The monoisotopic (exact) mass is 218 g/mol. The van der Waals surface area contributed by atoms with Crippen LogP contribution in [0.1, 0.15) is 0 Å². The van der Waals surface area contributed by atoms with Crippen molar-refractivity contribution in [3.63, 3.8) is 0 Å². The third-order valence-corrected chi connectivity index (χ3v) is 1.70. The zero-order valence-corrected chi connectivity index (χ0v) is 7.12. The molecule has 0 aliphatic heterocycles. The van der Waals surface area contributed by atoms with Crippen molar-refractivity contribution in [2.24, 2.45) is 0 Å². The van der Waals surface area contributed by atoms with Gasteiger partial charge in [0.25, 0.3) is 0 Å². The first-order valence-corrected chi connectivity index (χ1v) is 3.63. The number of hydrogen-bond donors (Lipinski definition) is 3. The summed E-state index contributed by atoms with van der Waals surface area (Å²) in [5, 5.41) is 17.2. The first-order chi connectivity index (χ1) is 5.11. The average Bonchev–Trinajstić information content (AvgIpc) is 1.94. The maximum Gasteiger partial charge on any atom is 0.118 e. The minimum atomic E-state index is -0.0138. The van der Waals surface area contributed by atoms with Crippen molar-refractivity contribution in [2.45, 2.75) is 0 Å². The van der Waals surface area contributed by atoms with E-state index in [2.05, 4.69) is 15.9 Å². The molecule has 0 aromatic heterocycles. The summed E-state index contributed by atoms with van der Waals surface area (Å²) in [4.78, 5) is 0. The predicted octanol–water partition coefficient (Wildman–Crippen LogP) is 1.62. The summed E-state index contributed by atoms with van der Waals surface area (Å²) in [5.41, 5.74) is 5.86. The topological polar surface area (TPSA) is 69.7 Å². The summed E-state index contributed by atoms with van der Waals surface area (Å²) < 4.78 is 0.731. The van der Waals surface area contributed by atoms with Crippen molar-refractivity contribution < 1.29 is 10.4 Å². The number of hydrogen-bond acceptors (Lipinski definition) is 4. The quantitative estimate of drug-likeness (QED) is 0.495.